The summed E-state index contributed by atoms with van der Waals surface area (Å²) < 4.78 is 7.33. The third-order valence-corrected chi connectivity index (χ3v) is 4.77. The number of halogens is 1. The van der Waals surface area contributed by atoms with Crippen molar-refractivity contribution in [1.29, 1.82) is 0 Å². The molecule has 1 saturated carbocycles. The molecule has 0 atom stereocenters. The number of hydrogen-bond donors (Lipinski definition) is 2. The number of aromatic nitrogens is 2. The van der Waals surface area contributed by atoms with Crippen molar-refractivity contribution in [2.45, 2.75) is 58.0 Å². The van der Waals surface area contributed by atoms with Gasteiger partial charge in [0, 0.05) is 32.6 Å². The minimum atomic E-state index is 0. The van der Waals surface area contributed by atoms with Crippen LogP contribution in [0, 0.1) is 5.92 Å². The molecule has 6 nitrogen and oxygen atoms in total. The van der Waals surface area contributed by atoms with Crippen LogP contribution in [0.2, 0.25) is 0 Å². The fraction of sp³-hybridized carbons (Fsp3) is 0.765. The zero-order valence-corrected chi connectivity index (χ0v) is 16.2. The molecule has 2 rings (SSSR count). The molecule has 138 valence electrons. The van der Waals surface area contributed by atoms with Gasteiger partial charge in [0.2, 0.25) is 11.8 Å². The van der Waals surface area contributed by atoms with Gasteiger partial charge in [-0.25, -0.2) is 4.68 Å². The number of nitrogens with one attached hydrogen (secondary N) is 2. The first kappa shape index (κ1) is 20.8. The lowest BCUT2D eigenvalue weighted by molar-refractivity contribution is -0.125. The molecule has 7 heteroatoms. The molecule has 1 aliphatic carbocycles. The Balaban J connectivity index is 0.00000288. The summed E-state index contributed by atoms with van der Waals surface area (Å²) in [4.78, 5) is 11.7. The van der Waals surface area contributed by atoms with E-state index in [2.05, 4.69) is 29.6 Å². The van der Waals surface area contributed by atoms with Crippen LogP contribution in [0.15, 0.2) is 0 Å². The van der Waals surface area contributed by atoms with Gasteiger partial charge in [-0.1, -0.05) is 13.8 Å². The minimum absolute atomic E-state index is 0. The lowest BCUT2D eigenvalue weighted by atomic mass is 9.85. The maximum absolute atomic E-state index is 11.7. The maximum Gasteiger partial charge on any atom is 0.222 e. The third kappa shape index (κ3) is 4.63. The zero-order chi connectivity index (χ0) is 17.0. The molecule has 0 radical (unpaired) electrons. The molecule has 1 aromatic heterocycles. The molecule has 0 aromatic carbocycles. The van der Waals surface area contributed by atoms with E-state index in [1.807, 2.05) is 11.7 Å². The smallest absolute Gasteiger partial charge is 0.222 e. The average molecular weight is 359 g/mol. The van der Waals surface area contributed by atoms with E-state index in [4.69, 9.17) is 4.74 Å². The largest absolute Gasteiger partial charge is 0.481 e. The molecule has 0 spiro atoms. The summed E-state index contributed by atoms with van der Waals surface area (Å²) >= 11 is 0. The van der Waals surface area contributed by atoms with Crippen LogP contribution in [0.5, 0.6) is 5.88 Å². The standard InChI is InChI=1S/C17H30N4O2.ClH/c1-11(2)15-14(17(23-5)21(4)20-15)10-19-13-8-6-12(7-9-13)16(22)18-3;/h11-13,19H,6-10H2,1-5H3,(H,18,22);1H. The number of amides is 1. The number of aryl methyl sites for hydroxylation is 1. The SMILES string of the molecule is CNC(=O)C1CCC(NCc2c(C(C)C)nn(C)c2OC)CC1.Cl. The van der Waals surface area contributed by atoms with Gasteiger partial charge in [0.05, 0.1) is 18.4 Å². The molecule has 0 bridgehead atoms. The summed E-state index contributed by atoms with van der Waals surface area (Å²) in [6.45, 7) is 5.07. The lowest BCUT2D eigenvalue weighted by Crippen LogP contribution is -2.37. The fourth-order valence-corrected chi connectivity index (χ4v) is 3.47. The molecule has 2 N–H and O–H groups in total. The Morgan fingerprint density at radius 2 is 1.96 bits per heavy atom. The molecule has 24 heavy (non-hydrogen) atoms. The van der Waals surface area contributed by atoms with Crippen molar-refractivity contribution in [3.8, 4) is 5.88 Å². The molecule has 1 amide bonds. The van der Waals surface area contributed by atoms with Gasteiger partial charge < -0.3 is 15.4 Å². The van der Waals surface area contributed by atoms with E-state index in [0.717, 1.165) is 49.4 Å². The molecule has 1 aliphatic rings. The monoisotopic (exact) mass is 358 g/mol. The molecule has 0 saturated heterocycles. The molecule has 0 aliphatic heterocycles. The van der Waals surface area contributed by atoms with Crippen LogP contribution >= 0.6 is 12.4 Å². The molecular weight excluding hydrogens is 328 g/mol. The number of rotatable bonds is 6. The van der Waals surface area contributed by atoms with Crippen LogP contribution in [0.25, 0.3) is 0 Å². The summed E-state index contributed by atoms with van der Waals surface area (Å²) in [6.07, 6.45) is 3.99. The van der Waals surface area contributed by atoms with Crippen molar-refractivity contribution < 1.29 is 9.53 Å². The minimum Gasteiger partial charge on any atom is -0.481 e. The van der Waals surface area contributed by atoms with Gasteiger partial charge in [0.15, 0.2) is 0 Å². The van der Waals surface area contributed by atoms with Crippen LogP contribution < -0.4 is 15.4 Å². The first-order valence-corrected chi connectivity index (χ1v) is 8.52. The average Bonchev–Trinajstić information content (AvgIpc) is 2.88. The van der Waals surface area contributed by atoms with E-state index in [9.17, 15) is 4.79 Å². The van der Waals surface area contributed by atoms with Gasteiger partial charge in [-0.05, 0) is 31.6 Å². The Hall–Kier alpha value is -1.27. The van der Waals surface area contributed by atoms with Crippen molar-refractivity contribution >= 4 is 18.3 Å². The number of carbonyl (C=O) groups excluding carboxylic acids is 1. The highest BCUT2D eigenvalue weighted by Gasteiger charge is 2.26. The molecule has 1 heterocycles. The van der Waals surface area contributed by atoms with E-state index in [0.29, 0.717) is 12.0 Å². The lowest BCUT2D eigenvalue weighted by Gasteiger charge is -2.28. The van der Waals surface area contributed by atoms with Gasteiger partial charge in [-0.2, -0.15) is 5.10 Å². The quantitative estimate of drug-likeness (QED) is 0.819. The molecule has 1 aromatic rings. The second-order valence-electron chi connectivity index (χ2n) is 6.70. The predicted octanol–water partition coefficient (Wildman–Crippen LogP) is 2.37. The van der Waals surface area contributed by atoms with E-state index < -0.39 is 0 Å². The predicted molar refractivity (Wildman–Crippen MR) is 97.7 cm³/mol. The molecule has 1 fully saturated rings. The highest BCUT2D eigenvalue weighted by atomic mass is 35.5. The third-order valence-electron chi connectivity index (χ3n) is 4.77. The Kier molecular flexibility index (Phi) is 8.03. The maximum atomic E-state index is 11.7. The van der Waals surface area contributed by atoms with E-state index in [1.165, 1.54) is 0 Å². The Bertz CT molecular complexity index is 537. The summed E-state index contributed by atoms with van der Waals surface area (Å²) in [5.74, 6) is 1.56. The van der Waals surface area contributed by atoms with Crippen LogP contribution in [-0.4, -0.2) is 35.9 Å². The first-order chi connectivity index (χ1) is 11.0. The van der Waals surface area contributed by atoms with Crippen LogP contribution in [0.4, 0.5) is 0 Å². The van der Waals surface area contributed by atoms with Crippen LogP contribution in [0.1, 0.15) is 56.7 Å². The van der Waals surface area contributed by atoms with Crippen molar-refractivity contribution in [3.63, 3.8) is 0 Å². The van der Waals surface area contributed by atoms with E-state index in [-0.39, 0.29) is 24.2 Å². The van der Waals surface area contributed by atoms with Gasteiger partial charge in [0.25, 0.3) is 0 Å². The summed E-state index contributed by atoms with van der Waals surface area (Å²) in [5, 5.41) is 11.0. The summed E-state index contributed by atoms with van der Waals surface area (Å²) in [6, 6.07) is 0.459. The number of hydrogen-bond acceptors (Lipinski definition) is 4. The van der Waals surface area contributed by atoms with Gasteiger partial charge in [-0.15, -0.1) is 12.4 Å². The molecule has 0 unspecified atom stereocenters. The summed E-state index contributed by atoms with van der Waals surface area (Å²) in [7, 11) is 5.33. The number of carbonyl (C=O) groups is 1. The topological polar surface area (TPSA) is 68.2 Å². The Morgan fingerprint density at radius 3 is 2.46 bits per heavy atom. The first-order valence-electron chi connectivity index (χ1n) is 8.52. The van der Waals surface area contributed by atoms with Crippen molar-refractivity contribution in [3.05, 3.63) is 11.3 Å². The van der Waals surface area contributed by atoms with Crippen molar-refractivity contribution in [2.24, 2.45) is 13.0 Å². The number of ether oxygens (including phenoxy) is 1. The second-order valence-corrected chi connectivity index (χ2v) is 6.70. The Morgan fingerprint density at radius 1 is 1.33 bits per heavy atom. The highest BCUT2D eigenvalue weighted by Crippen LogP contribution is 2.29. The summed E-state index contributed by atoms with van der Waals surface area (Å²) in [5.41, 5.74) is 2.24. The zero-order valence-electron chi connectivity index (χ0n) is 15.4. The van der Waals surface area contributed by atoms with Crippen molar-refractivity contribution in [1.82, 2.24) is 20.4 Å². The number of methoxy groups -OCH3 is 1. The van der Waals surface area contributed by atoms with Gasteiger partial charge >= 0.3 is 0 Å². The normalized spacial score (nSPS) is 20.6. The van der Waals surface area contributed by atoms with E-state index in [1.54, 1.807) is 14.2 Å². The second kappa shape index (κ2) is 9.28. The van der Waals surface area contributed by atoms with Gasteiger partial charge in [0.1, 0.15) is 0 Å². The van der Waals surface area contributed by atoms with Crippen LogP contribution in [-0.2, 0) is 18.4 Å². The van der Waals surface area contributed by atoms with Crippen LogP contribution in [0.3, 0.4) is 0 Å². The Labute approximate surface area is 151 Å². The van der Waals surface area contributed by atoms with Gasteiger partial charge in [-0.3, -0.25) is 4.79 Å². The van der Waals surface area contributed by atoms with Crippen molar-refractivity contribution in [2.75, 3.05) is 14.2 Å². The van der Waals surface area contributed by atoms with E-state index >= 15 is 0 Å². The fourth-order valence-electron chi connectivity index (χ4n) is 3.47. The highest BCUT2D eigenvalue weighted by molar-refractivity contribution is 5.85. The number of nitrogens with zero attached hydrogens (tertiary/aromatic N) is 2. The molecular formula is C17H31ClN4O2.